The van der Waals surface area contributed by atoms with Crippen molar-refractivity contribution in [2.24, 2.45) is 0 Å². The van der Waals surface area contributed by atoms with Crippen LogP contribution >= 0.6 is 55.1 Å². The number of aryl methyl sites for hydroxylation is 1. The van der Waals surface area contributed by atoms with Crippen molar-refractivity contribution < 1.29 is 9.47 Å². The van der Waals surface area contributed by atoms with Crippen molar-refractivity contribution in [3.8, 4) is 23.0 Å². The number of nitrogen functional groups attached to an aromatic ring is 2. The molecule has 4 aromatic carbocycles. The maximum atomic E-state index is 5.90. The van der Waals surface area contributed by atoms with Crippen LogP contribution in [0.15, 0.2) is 81.7 Å². The van der Waals surface area contributed by atoms with Crippen molar-refractivity contribution in [3.05, 3.63) is 97.6 Å². The zero-order valence-electron chi connectivity index (χ0n) is 18.9. The van der Waals surface area contributed by atoms with E-state index in [0.29, 0.717) is 38.7 Å². The number of hydrogen-bond donors (Lipinski definition) is 3. The Morgan fingerprint density at radius 2 is 1.22 bits per heavy atom. The van der Waals surface area contributed by atoms with Crippen LogP contribution in [0.25, 0.3) is 11.0 Å². The van der Waals surface area contributed by atoms with Crippen molar-refractivity contribution in [1.29, 1.82) is 0 Å². The SMILES string of the molecule is Cc1nc2c(Oc3ccc(Cl)cc3)c(Br)ccc2[nH]1.Nc1ccc(Br)c(Oc2ccc(Cl)cc2)c1N. The van der Waals surface area contributed by atoms with Gasteiger partial charge in [0.25, 0.3) is 0 Å². The summed E-state index contributed by atoms with van der Waals surface area (Å²) in [6, 6.07) is 21.7. The van der Waals surface area contributed by atoms with Crippen LogP contribution in [-0.4, -0.2) is 9.97 Å². The van der Waals surface area contributed by atoms with E-state index in [-0.39, 0.29) is 0 Å². The third kappa shape index (κ3) is 6.25. The maximum absolute atomic E-state index is 5.90. The van der Waals surface area contributed by atoms with Gasteiger partial charge in [0.15, 0.2) is 11.5 Å². The van der Waals surface area contributed by atoms with Crippen LogP contribution in [0, 0.1) is 6.92 Å². The van der Waals surface area contributed by atoms with Gasteiger partial charge in [0.1, 0.15) is 22.8 Å². The molecule has 6 nitrogen and oxygen atoms in total. The van der Waals surface area contributed by atoms with E-state index in [0.717, 1.165) is 31.6 Å². The van der Waals surface area contributed by atoms with Crippen LogP contribution in [0.5, 0.6) is 23.0 Å². The molecule has 184 valence electrons. The molecule has 5 rings (SSSR count). The first-order valence-corrected chi connectivity index (χ1v) is 12.9. The second-order valence-electron chi connectivity index (χ2n) is 7.59. The number of ether oxygens (including phenoxy) is 2. The highest BCUT2D eigenvalue weighted by atomic mass is 79.9. The summed E-state index contributed by atoms with van der Waals surface area (Å²) in [6.07, 6.45) is 0. The standard InChI is InChI=1S/C14H10BrClN2O.C12H10BrClN2O/c1-8-17-12-7-6-11(15)14(13(12)18-8)19-10-4-2-9(16)3-5-10;13-9-5-6-10(15)11(16)12(9)17-8-3-1-7(14)2-4-8/h2-7H,1H3,(H,17,18);1-6H,15-16H2. The first kappa shape index (κ1) is 26.2. The van der Waals surface area contributed by atoms with Gasteiger partial charge in [0, 0.05) is 10.0 Å². The molecular weight excluding hydrogens is 631 g/mol. The number of H-pyrrole nitrogens is 1. The lowest BCUT2D eigenvalue weighted by Crippen LogP contribution is -1.98. The quantitative estimate of drug-likeness (QED) is 0.169. The Balaban J connectivity index is 0.000000170. The van der Waals surface area contributed by atoms with E-state index in [9.17, 15) is 0 Å². The molecule has 10 heteroatoms. The maximum Gasteiger partial charge on any atom is 0.169 e. The zero-order chi connectivity index (χ0) is 25.8. The van der Waals surface area contributed by atoms with E-state index >= 15 is 0 Å². The molecule has 0 atom stereocenters. The summed E-state index contributed by atoms with van der Waals surface area (Å²) in [5, 5.41) is 1.33. The first-order chi connectivity index (χ1) is 17.2. The largest absolute Gasteiger partial charge is 0.454 e. The van der Waals surface area contributed by atoms with Gasteiger partial charge in [-0.15, -0.1) is 0 Å². The van der Waals surface area contributed by atoms with Gasteiger partial charge in [-0.1, -0.05) is 23.2 Å². The Morgan fingerprint density at radius 3 is 1.81 bits per heavy atom. The van der Waals surface area contributed by atoms with Crippen molar-refractivity contribution in [1.82, 2.24) is 9.97 Å². The van der Waals surface area contributed by atoms with E-state index in [1.165, 1.54) is 0 Å². The van der Waals surface area contributed by atoms with Gasteiger partial charge in [-0.25, -0.2) is 4.98 Å². The second-order valence-corrected chi connectivity index (χ2v) is 10.2. The van der Waals surface area contributed by atoms with Gasteiger partial charge in [-0.3, -0.25) is 0 Å². The number of nitrogens with two attached hydrogens (primary N) is 2. The number of anilines is 2. The van der Waals surface area contributed by atoms with Gasteiger partial charge >= 0.3 is 0 Å². The summed E-state index contributed by atoms with van der Waals surface area (Å²) in [5.74, 6) is 3.43. The average Bonchev–Trinajstić information content (AvgIpc) is 3.24. The summed E-state index contributed by atoms with van der Waals surface area (Å²) >= 11 is 18.5. The number of rotatable bonds is 4. The van der Waals surface area contributed by atoms with Gasteiger partial charge in [-0.05, 0) is 112 Å². The number of benzene rings is 4. The molecule has 36 heavy (non-hydrogen) atoms. The number of halogens is 4. The van der Waals surface area contributed by atoms with Crippen LogP contribution in [0.1, 0.15) is 5.82 Å². The predicted octanol–water partition coefficient (Wildman–Crippen LogP) is 9.14. The van der Waals surface area contributed by atoms with Crippen molar-refractivity contribution in [2.75, 3.05) is 11.5 Å². The molecular formula is C26H20Br2Cl2N4O2. The molecule has 0 aliphatic carbocycles. The van der Waals surface area contributed by atoms with Crippen LogP contribution in [-0.2, 0) is 0 Å². The van der Waals surface area contributed by atoms with Crippen LogP contribution in [0.3, 0.4) is 0 Å². The smallest absolute Gasteiger partial charge is 0.169 e. The molecule has 5 N–H and O–H groups in total. The number of fused-ring (bicyclic) bond motifs is 1. The third-order valence-corrected chi connectivity index (χ3v) is 6.68. The molecule has 0 fully saturated rings. The predicted molar refractivity (Wildman–Crippen MR) is 155 cm³/mol. The molecule has 0 amide bonds. The highest BCUT2D eigenvalue weighted by Crippen LogP contribution is 2.39. The molecule has 0 spiro atoms. The van der Waals surface area contributed by atoms with Gasteiger partial charge in [0.05, 0.1) is 25.8 Å². The van der Waals surface area contributed by atoms with Crippen molar-refractivity contribution in [2.45, 2.75) is 6.92 Å². The molecule has 1 heterocycles. The summed E-state index contributed by atoms with van der Waals surface area (Å²) < 4.78 is 13.2. The lowest BCUT2D eigenvalue weighted by molar-refractivity contribution is 0.482. The molecule has 0 aliphatic rings. The van der Waals surface area contributed by atoms with Gasteiger partial charge < -0.3 is 25.9 Å². The Labute approximate surface area is 234 Å². The summed E-state index contributed by atoms with van der Waals surface area (Å²) in [7, 11) is 0. The minimum Gasteiger partial charge on any atom is -0.454 e. The zero-order valence-corrected chi connectivity index (χ0v) is 23.5. The van der Waals surface area contributed by atoms with E-state index in [2.05, 4.69) is 41.8 Å². The minimum atomic E-state index is 0.411. The second kappa shape index (κ2) is 11.4. The lowest BCUT2D eigenvalue weighted by atomic mass is 10.2. The molecule has 0 bridgehead atoms. The fourth-order valence-corrected chi connectivity index (χ4v) is 4.26. The summed E-state index contributed by atoms with van der Waals surface area (Å²) in [5.41, 5.74) is 14.2. The van der Waals surface area contributed by atoms with Crippen LogP contribution in [0.4, 0.5) is 11.4 Å². The molecule has 0 unspecified atom stereocenters. The van der Waals surface area contributed by atoms with Crippen molar-refractivity contribution >= 4 is 77.5 Å². The minimum absolute atomic E-state index is 0.411. The summed E-state index contributed by atoms with van der Waals surface area (Å²) in [4.78, 5) is 7.64. The van der Waals surface area contributed by atoms with Crippen molar-refractivity contribution in [3.63, 3.8) is 0 Å². The Bertz CT molecular complexity index is 1510. The fraction of sp³-hybridized carbons (Fsp3) is 0.0385. The lowest BCUT2D eigenvalue weighted by Gasteiger charge is -2.12. The number of aromatic amines is 1. The van der Waals surface area contributed by atoms with E-state index < -0.39 is 0 Å². The first-order valence-electron chi connectivity index (χ1n) is 10.6. The monoisotopic (exact) mass is 648 g/mol. The topological polar surface area (TPSA) is 99.2 Å². The van der Waals surface area contributed by atoms with E-state index in [1.54, 1.807) is 48.5 Å². The molecule has 0 saturated carbocycles. The highest BCUT2D eigenvalue weighted by molar-refractivity contribution is 9.11. The normalized spacial score (nSPS) is 10.6. The van der Waals surface area contributed by atoms with Gasteiger partial charge in [0.2, 0.25) is 0 Å². The summed E-state index contributed by atoms with van der Waals surface area (Å²) in [6.45, 7) is 1.92. The average molecular weight is 651 g/mol. The fourth-order valence-electron chi connectivity index (χ4n) is 3.18. The van der Waals surface area contributed by atoms with Gasteiger partial charge in [-0.2, -0.15) is 0 Å². The number of imidazole rings is 1. The van der Waals surface area contributed by atoms with E-state index in [4.69, 9.17) is 44.1 Å². The number of hydrogen-bond acceptors (Lipinski definition) is 5. The molecule has 0 saturated heterocycles. The Morgan fingerprint density at radius 1 is 0.722 bits per heavy atom. The third-order valence-electron chi connectivity index (χ3n) is 4.93. The molecule has 5 aromatic rings. The molecule has 0 aliphatic heterocycles. The number of aromatic nitrogens is 2. The molecule has 0 radical (unpaired) electrons. The number of nitrogens with one attached hydrogen (secondary N) is 1. The Kier molecular flexibility index (Phi) is 8.31. The van der Waals surface area contributed by atoms with Crippen LogP contribution in [0.2, 0.25) is 10.0 Å². The Hall–Kier alpha value is -2.91. The number of nitrogens with zero attached hydrogens (tertiary/aromatic N) is 1. The van der Waals surface area contributed by atoms with Crippen LogP contribution < -0.4 is 20.9 Å². The molecule has 1 aromatic heterocycles. The van der Waals surface area contributed by atoms with E-state index in [1.807, 2.05) is 31.2 Å². The highest BCUT2D eigenvalue weighted by Gasteiger charge is 2.12.